The third-order valence-corrected chi connectivity index (χ3v) is 13.5. The minimum absolute atomic E-state index is 0.0656. The van der Waals surface area contributed by atoms with Crippen molar-refractivity contribution in [2.45, 2.75) is 109 Å². The fourth-order valence-electron chi connectivity index (χ4n) is 7.90. The monoisotopic (exact) mass is 797 g/mol. The molecule has 10 nitrogen and oxygen atoms in total. The second-order valence-electron chi connectivity index (χ2n) is 16.2. The number of carbonyl (C=O) groups is 4. The number of halogens is 5. The maximum absolute atomic E-state index is 14.6. The van der Waals surface area contributed by atoms with Crippen LogP contribution in [-0.4, -0.2) is 65.8 Å². The van der Waals surface area contributed by atoms with Crippen molar-refractivity contribution in [2.75, 3.05) is 6.54 Å². The third-order valence-electron chi connectivity index (χ3n) is 11.3. The molecule has 1 saturated heterocycles. The maximum atomic E-state index is 14.6. The average Bonchev–Trinajstić information content (AvgIpc) is 3.96. The van der Waals surface area contributed by atoms with Crippen LogP contribution in [0.25, 0.3) is 0 Å². The highest BCUT2D eigenvalue weighted by Gasteiger charge is 2.62. The first kappa shape index (κ1) is 40.0. The highest BCUT2D eigenvalue weighted by Crippen LogP contribution is 2.58. The van der Waals surface area contributed by atoms with E-state index in [4.69, 9.17) is 16.3 Å². The van der Waals surface area contributed by atoms with Crippen LogP contribution in [0.3, 0.4) is 0 Å². The number of hydrogen-bond donors (Lipinski definition) is 1. The lowest BCUT2D eigenvalue weighted by molar-refractivity contribution is -0.144. The Morgan fingerprint density at radius 2 is 1.78 bits per heavy atom. The second kappa shape index (κ2) is 14.4. The van der Waals surface area contributed by atoms with Crippen molar-refractivity contribution in [3.05, 3.63) is 69.5 Å². The van der Waals surface area contributed by atoms with Crippen LogP contribution in [0.4, 0.5) is 22.4 Å². The van der Waals surface area contributed by atoms with Crippen LogP contribution < -0.4 is 4.72 Å². The van der Waals surface area contributed by atoms with Crippen LogP contribution in [0.1, 0.15) is 88.5 Å². The van der Waals surface area contributed by atoms with Crippen molar-refractivity contribution >= 4 is 45.3 Å². The van der Waals surface area contributed by atoms with Crippen LogP contribution in [0.15, 0.2) is 36.4 Å². The number of sulfonamides is 1. The predicted molar refractivity (Wildman–Crippen MR) is 190 cm³/mol. The smallest absolute Gasteiger partial charge is 0.416 e. The van der Waals surface area contributed by atoms with Crippen molar-refractivity contribution in [3.63, 3.8) is 0 Å². The summed E-state index contributed by atoms with van der Waals surface area (Å²) in [7, 11) is -3.91. The fourth-order valence-corrected chi connectivity index (χ4v) is 9.54. The zero-order valence-electron chi connectivity index (χ0n) is 30.5. The van der Waals surface area contributed by atoms with E-state index in [1.165, 1.54) is 9.80 Å². The average molecular weight is 798 g/mol. The number of ether oxygens (including phenoxy) is 1. The Kier molecular flexibility index (Phi) is 10.7. The Hall–Kier alpha value is -3.72. The summed E-state index contributed by atoms with van der Waals surface area (Å²) in [6, 6.07) is 6.22. The molecule has 6 rings (SSSR count). The van der Waals surface area contributed by atoms with E-state index in [1.54, 1.807) is 32.9 Å². The summed E-state index contributed by atoms with van der Waals surface area (Å²) < 4.78 is 88.8. The Morgan fingerprint density at radius 3 is 2.37 bits per heavy atom. The lowest BCUT2D eigenvalue weighted by atomic mass is 9.76. The normalized spacial score (nSPS) is 24.6. The number of carbonyl (C=O) groups excluding carboxylic acids is 4. The molecule has 2 aromatic rings. The zero-order chi connectivity index (χ0) is 39.5. The minimum Gasteiger partial charge on any atom is -0.444 e. The van der Waals surface area contributed by atoms with Crippen LogP contribution in [-0.2, 0) is 54.8 Å². The quantitative estimate of drug-likeness (QED) is 0.248. The van der Waals surface area contributed by atoms with Crippen molar-refractivity contribution in [1.29, 1.82) is 0 Å². The van der Waals surface area contributed by atoms with Gasteiger partial charge in [-0.05, 0) is 78.0 Å². The van der Waals surface area contributed by atoms with Crippen LogP contribution in [0.5, 0.6) is 0 Å². The predicted octanol–water partition coefficient (Wildman–Crippen LogP) is 6.81. The SMILES string of the molecule is CC[C@@H]1C[C@]1(CC(=O)[C@@H]1C[C@@H](OC(=O)N2Cc3cccc(Cl)c3C2)CN1C(=O)[C@@H](Cc1cc(F)cc(C(F)(F)F)c1)C(C)(C)C)C(=O)NS(=O)(=O)C1CC1. The zero-order valence-corrected chi connectivity index (χ0v) is 32.0. The number of hydrogen-bond acceptors (Lipinski definition) is 7. The highest BCUT2D eigenvalue weighted by molar-refractivity contribution is 7.90. The Morgan fingerprint density at radius 1 is 1.07 bits per heavy atom. The summed E-state index contributed by atoms with van der Waals surface area (Å²) in [6.45, 7) is 7.13. The number of nitrogens with zero attached hydrogens (tertiary/aromatic N) is 2. The van der Waals surface area contributed by atoms with Gasteiger partial charge >= 0.3 is 12.3 Å². The molecule has 1 N–H and O–H groups in total. The second-order valence-corrected chi connectivity index (χ2v) is 18.6. The van der Waals surface area contributed by atoms with E-state index in [0.717, 1.165) is 23.3 Å². The molecule has 2 aromatic carbocycles. The molecule has 5 atom stereocenters. The van der Waals surface area contributed by atoms with Crippen molar-refractivity contribution in [1.82, 2.24) is 14.5 Å². The van der Waals surface area contributed by atoms with E-state index >= 15 is 0 Å². The molecular formula is C38H44ClF4N3O7S. The lowest BCUT2D eigenvalue weighted by Gasteiger charge is -2.35. The topological polar surface area (TPSA) is 130 Å². The van der Waals surface area contributed by atoms with Crippen LogP contribution in [0.2, 0.25) is 5.02 Å². The Labute approximate surface area is 317 Å². The third kappa shape index (κ3) is 8.26. The van der Waals surface area contributed by atoms with Gasteiger partial charge in [-0.15, -0.1) is 0 Å². The first-order valence-corrected chi connectivity index (χ1v) is 20.0. The number of Topliss-reactive ketones (excluding diaryl/α,β-unsaturated/α-hetero) is 1. The highest BCUT2D eigenvalue weighted by atomic mass is 35.5. The fraction of sp³-hybridized carbons (Fsp3) is 0.579. The molecular weight excluding hydrogens is 754 g/mol. The van der Waals surface area contributed by atoms with Gasteiger partial charge in [0, 0.05) is 30.3 Å². The summed E-state index contributed by atoms with van der Waals surface area (Å²) >= 11 is 6.34. The summed E-state index contributed by atoms with van der Waals surface area (Å²) in [6.07, 6.45) is -5.65. The van der Waals surface area contributed by atoms with E-state index in [2.05, 4.69) is 4.72 Å². The number of alkyl halides is 3. The maximum Gasteiger partial charge on any atom is 0.416 e. The molecule has 0 aromatic heterocycles. The van der Waals surface area contributed by atoms with Gasteiger partial charge in [0.1, 0.15) is 11.9 Å². The van der Waals surface area contributed by atoms with Gasteiger partial charge < -0.3 is 9.64 Å². The molecule has 54 heavy (non-hydrogen) atoms. The molecule has 4 aliphatic rings. The summed E-state index contributed by atoms with van der Waals surface area (Å²) in [5, 5.41) is -0.168. The van der Waals surface area contributed by atoms with Crippen molar-refractivity contribution in [3.8, 4) is 0 Å². The largest absolute Gasteiger partial charge is 0.444 e. The number of amides is 3. The number of benzene rings is 2. The van der Waals surface area contributed by atoms with Gasteiger partial charge in [0.25, 0.3) is 0 Å². The van der Waals surface area contributed by atoms with E-state index in [-0.39, 0.29) is 56.8 Å². The van der Waals surface area contributed by atoms with Crippen molar-refractivity contribution in [2.24, 2.45) is 22.7 Å². The summed E-state index contributed by atoms with van der Waals surface area (Å²) in [5.41, 5.74) is -1.86. The van der Waals surface area contributed by atoms with Gasteiger partial charge in [-0.3, -0.25) is 24.0 Å². The van der Waals surface area contributed by atoms with Gasteiger partial charge in [-0.2, -0.15) is 13.2 Å². The number of likely N-dealkylation sites (tertiary alicyclic amines) is 1. The Balaban J connectivity index is 1.27. The van der Waals surface area contributed by atoms with E-state index in [1.807, 2.05) is 13.0 Å². The molecule has 16 heteroatoms. The lowest BCUT2D eigenvalue weighted by Crippen LogP contribution is -2.48. The molecule has 0 radical (unpaired) electrons. The molecule has 0 bridgehead atoms. The summed E-state index contributed by atoms with van der Waals surface area (Å²) in [5.74, 6) is -4.36. The molecule has 0 unspecified atom stereocenters. The van der Waals surface area contributed by atoms with Crippen LogP contribution in [0, 0.1) is 28.5 Å². The van der Waals surface area contributed by atoms with Gasteiger partial charge in [-0.25, -0.2) is 17.6 Å². The Bertz CT molecular complexity index is 1970. The molecule has 2 aliphatic heterocycles. The number of nitrogens with one attached hydrogen (secondary N) is 1. The van der Waals surface area contributed by atoms with Crippen LogP contribution >= 0.6 is 11.6 Å². The number of ketones is 1. The molecule has 3 amide bonds. The van der Waals surface area contributed by atoms with E-state index < -0.39 is 85.4 Å². The van der Waals surface area contributed by atoms with Gasteiger partial charge in [0.05, 0.1) is 35.4 Å². The van der Waals surface area contributed by atoms with Gasteiger partial charge in [-0.1, -0.05) is 57.8 Å². The van der Waals surface area contributed by atoms with E-state index in [0.29, 0.717) is 30.4 Å². The molecule has 0 spiro atoms. The van der Waals surface area contributed by atoms with E-state index in [9.17, 15) is 45.2 Å². The summed E-state index contributed by atoms with van der Waals surface area (Å²) in [4.78, 5) is 58.6. The molecule has 2 heterocycles. The standard InChI is InChI=1S/C38H44ClF4N3O7S/c1-5-23-16-37(23,34(49)44-54(51,52)27-9-10-27)17-32(47)31-15-26(53-35(50)45-18-22-7-6-8-30(39)28(22)20-45)19-46(31)33(48)29(36(2,3)4)13-21-11-24(38(41,42)43)14-25(40)12-21/h6-8,11-12,14,23,26-27,29,31H,5,9-10,13,15-20H2,1-4H3,(H,44,49)/t23-,26-,29-,31+,37-/m1/s1. The molecule has 2 saturated carbocycles. The van der Waals surface area contributed by atoms with Crippen molar-refractivity contribution < 1.29 is 49.9 Å². The molecule has 3 fully saturated rings. The molecule has 2 aliphatic carbocycles. The number of fused-ring (bicyclic) bond motifs is 1. The molecule has 294 valence electrons. The minimum atomic E-state index is -4.83. The first-order valence-electron chi connectivity index (χ1n) is 18.1. The number of rotatable bonds is 11. The van der Waals surface area contributed by atoms with Gasteiger partial charge in [0.2, 0.25) is 21.8 Å². The van der Waals surface area contributed by atoms with Gasteiger partial charge in [0.15, 0.2) is 5.78 Å². The first-order chi connectivity index (χ1) is 25.1.